The molecule has 3 amide bonds. The summed E-state index contributed by atoms with van der Waals surface area (Å²) in [5, 5.41) is 5.63. The summed E-state index contributed by atoms with van der Waals surface area (Å²) >= 11 is 0. The zero-order valence-electron chi connectivity index (χ0n) is 12.7. The molecular weight excluding hydrogens is 266 g/mol. The molecule has 0 aliphatic carbocycles. The van der Waals surface area contributed by atoms with E-state index in [1.54, 1.807) is 12.1 Å². The van der Waals surface area contributed by atoms with Crippen LogP contribution in [-0.4, -0.2) is 29.4 Å². The Labute approximate surface area is 125 Å². The fourth-order valence-corrected chi connectivity index (χ4v) is 2.81. The highest BCUT2D eigenvalue weighted by atomic mass is 16.2. The van der Waals surface area contributed by atoms with E-state index in [0.717, 1.165) is 32.2 Å². The van der Waals surface area contributed by atoms with Crippen LogP contribution in [0.25, 0.3) is 0 Å². The zero-order chi connectivity index (χ0) is 15.2. The van der Waals surface area contributed by atoms with E-state index in [-0.39, 0.29) is 11.9 Å². The van der Waals surface area contributed by atoms with Crippen LogP contribution in [0.3, 0.4) is 0 Å². The third kappa shape index (κ3) is 4.21. The number of amides is 3. The Bertz CT molecular complexity index is 516. The van der Waals surface area contributed by atoms with Crippen molar-refractivity contribution in [1.82, 2.24) is 4.90 Å². The molecule has 1 unspecified atom stereocenters. The molecular formula is C16H23N3O2. The van der Waals surface area contributed by atoms with Gasteiger partial charge in [0.2, 0.25) is 5.91 Å². The van der Waals surface area contributed by atoms with Gasteiger partial charge >= 0.3 is 6.03 Å². The first kappa shape index (κ1) is 15.4. The average molecular weight is 289 g/mol. The highest BCUT2D eigenvalue weighted by Gasteiger charge is 2.27. The Balaban J connectivity index is 2.00. The third-order valence-electron chi connectivity index (χ3n) is 3.69. The molecule has 1 aliphatic rings. The number of carbonyl (C=O) groups excluding carboxylic acids is 2. The molecule has 1 aromatic rings. The van der Waals surface area contributed by atoms with Gasteiger partial charge in [-0.05, 0) is 37.5 Å². The predicted molar refractivity (Wildman–Crippen MR) is 84.4 cm³/mol. The van der Waals surface area contributed by atoms with E-state index in [1.807, 2.05) is 17.0 Å². The van der Waals surface area contributed by atoms with E-state index < -0.39 is 0 Å². The molecule has 0 radical (unpaired) electrons. The Hall–Kier alpha value is -2.04. The molecule has 1 atom stereocenters. The van der Waals surface area contributed by atoms with Crippen molar-refractivity contribution in [1.29, 1.82) is 0 Å². The number of hydrogen-bond donors (Lipinski definition) is 2. The number of nitrogens with one attached hydrogen (secondary N) is 2. The average Bonchev–Trinajstić information content (AvgIpc) is 2.87. The molecule has 2 N–H and O–H groups in total. The number of anilines is 2. The number of nitrogens with zero attached hydrogens (tertiary/aromatic N) is 1. The summed E-state index contributed by atoms with van der Waals surface area (Å²) < 4.78 is 0. The molecule has 5 nitrogen and oxygen atoms in total. The van der Waals surface area contributed by atoms with Crippen LogP contribution >= 0.6 is 0 Å². The lowest BCUT2D eigenvalue weighted by molar-refractivity contribution is -0.114. The van der Waals surface area contributed by atoms with E-state index in [1.165, 1.54) is 6.92 Å². The van der Waals surface area contributed by atoms with E-state index in [9.17, 15) is 9.59 Å². The van der Waals surface area contributed by atoms with E-state index in [0.29, 0.717) is 17.4 Å². The van der Waals surface area contributed by atoms with E-state index >= 15 is 0 Å². The largest absolute Gasteiger partial charge is 0.326 e. The van der Waals surface area contributed by atoms with Gasteiger partial charge in [-0.25, -0.2) is 4.79 Å². The first-order chi connectivity index (χ1) is 10.1. The Morgan fingerprint density at radius 3 is 2.67 bits per heavy atom. The number of rotatable bonds is 4. The number of urea groups is 1. The molecule has 0 spiro atoms. The quantitative estimate of drug-likeness (QED) is 0.892. The molecule has 1 heterocycles. The van der Waals surface area contributed by atoms with Crippen molar-refractivity contribution >= 4 is 23.3 Å². The van der Waals surface area contributed by atoms with E-state index in [2.05, 4.69) is 17.6 Å². The molecule has 0 bridgehead atoms. The summed E-state index contributed by atoms with van der Waals surface area (Å²) in [5.74, 6) is -0.124. The minimum atomic E-state index is -0.124. The molecule has 1 fully saturated rings. The number of benzene rings is 1. The summed E-state index contributed by atoms with van der Waals surface area (Å²) in [6.07, 6.45) is 4.31. The van der Waals surface area contributed by atoms with Crippen LogP contribution in [0.5, 0.6) is 0 Å². The van der Waals surface area contributed by atoms with Gasteiger partial charge in [0.05, 0.1) is 0 Å². The second kappa shape index (κ2) is 7.11. The smallest absolute Gasteiger partial charge is 0.322 e. The van der Waals surface area contributed by atoms with Crippen molar-refractivity contribution in [2.24, 2.45) is 0 Å². The maximum Gasteiger partial charge on any atom is 0.322 e. The van der Waals surface area contributed by atoms with Crippen LogP contribution < -0.4 is 10.6 Å². The first-order valence-electron chi connectivity index (χ1n) is 7.55. The molecule has 114 valence electrons. The van der Waals surface area contributed by atoms with E-state index in [4.69, 9.17) is 0 Å². The van der Waals surface area contributed by atoms with Gasteiger partial charge in [0, 0.05) is 30.9 Å². The van der Waals surface area contributed by atoms with Crippen LogP contribution in [0.15, 0.2) is 24.3 Å². The van der Waals surface area contributed by atoms with Crippen LogP contribution in [-0.2, 0) is 4.79 Å². The fraction of sp³-hybridized carbons (Fsp3) is 0.500. The van der Waals surface area contributed by atoms with Crippen molar-refractivity contribution in [3.05, 3.63) is 24.3 Å². The minimum Gasteiger partial charge on any atom is -0.326 e. The lowest BCUT2D eigenvalue weighted by atomic mass is 10.1. The highest BCUT2D eigenvalue weighted by Crippen LogP contribution is 2.23. The van der Waals surface area contributed by atoms with Crippen molar-refractivity contribution in [3.63, 3.8) is 0 Å². The molecule has 1 aliphatic heterocycles. The van der Waals surface area contributed by atoms with Crippen LogP contribution in [0, 0.1) is 0 Å². The second-order valence-corrected chi connectivity index (χ2v) is 5.47. The summed E-state index contributed by atoms with van der Waals surface area (Å²) in [5.41, 5.74) is 1.39. The van der Waals surface area contributed by atoms with Gasteiger partial charge in [-0.2, -0.15) is 0 Å². The van der Waals surface area contributed by atoms with Crippen molar-refractivity contribution < 1.29 is 9.59 Å². The Morgan fingerprint density at radius 1 is 1.29 bits per heavy atom. The lowest BCUT2D eigenvalue weighted by Crippen LogP contribution is -2.38. The van der Waals surface area contributed by atoms with Crippen LogP contribution in [0.4, 0.5) is 16.2 Å². The molecule has 21 heavy (non-hydrogen) atoms. The monoisotopic (exact) mass is 289 g/mol. The summed E-state index contributed by atoms with van der Waals surface area (Å²) in [6.45, 7) is 4.43. The summed E-state index contributed by atoms with van der Waals surface area (Å²) in [6, 6.07) is 7.51. The summed E-state index contributed by atoms with van der Waals surface area (Å²) in [7, 11) is 0. The molecule has 1 saturated heterocycles. The molecule has 1 aromatic carbocycles. The van der Waals surface area contributed by atoms with Gasteiger partial charge in [-0.1, -0.05) is 19.4 Å². The second-order valence-electron chi connectivity index (χ2n) is 5.47. The molecule has 0 aromatic heterocycles. The van der Waals surface area contributed by atoms with Crippen LogP contribution in [0.1, 0.15) is 39.5 Å². The number of hydrogen-bond acceptors (Lipinski definition) is 2. The lowest BCUT2D eigenvalue weighted by Gasteiger charge is -2.24. The minimum absolute atomic E-state index is 0.0501. The van der Waals surface area contributed by atoms with Gasteiger partial charge < -0.3 is 15.5 Å². The molecule has 0 saturated carbocycles. The third-order valence-corrected chi connectivity index (χ3v) is 3.69. The first-order valence-corrected chi connectivity index (χ1v) is 7.55. The topological polar surface area (TPSA) is 61.4 Å². The van der Waals surface area contributed by atoms with Gasteiger partial charge in [0.1, 0.15) is 0 Å². The van der Waals surface area contributed by atoms with Gasteiger partial charge in [0.15, 0.2) is 0 Å². The van der Waals surface area contributed by atoms with Gasteiger partial charge in [-0.15, -0.1) is 0 Å². The predicted octanol–water partition coefficient (Wildman–Crippen LogP) is 3.44. The van der Waals surface area contributed by atoms with Gasteiger partial charge in [0.25, 0.3) is 0 Å². The van der Waals surface area contributed by atoms with Gasteiger partial charge in [-0.3, -0.25) is 4.79 Å². The van der Waals surface area contributed by atoms with Crippen molar-refractivity contribution in [2.45, 2.75) is 45.6 Å². The number of likely N-dealkylation sites (tertiary alicyclic amines) is 1. The standard InChI is InChI=1S/C16H23N3O2/c1-3-6-15-9-5-10-19(15)16(21)18-14-8-4-7-13(11-14)17-12(2)20/h4,7-8,11,15H,3,5-6,9-10H2,1-2H3,(H,17,20)(H,18,21). The zero-order valence-corrected chi connectivity index (χ0v) is 12.7. The SMILES string of the molecule is CCCC1CCCN1C(=O)Nc1cccc(NC(C)=O)c1. The van der Waals surface area contributed by atoms with Crippen molar-refractivity contribution in [2.75, 3.05) is 17.2 Å². The van der Waals surface area contributed by atoms with Crippen LogP contribution in [0.2, 0.25) is 0 Å². The molecule has 5 heteroatoms. The molecule has 2 rings (SSSR count). The number of carbonyl (C=O) groups is 2. The van der Waals surface area contributed by atoms with Crippen molar-refractivity contribution in [3.8, 4) is 0 Å². The highest BCUT2D eigenvalue weighted by molar-refractivity contribution is 5.92. The normalized spacial score (nSPS) is 17.6. The summed E-state index contributed by atoms with van der Waals surface area (Å²) in [4.78, 5) is 25.4. The Morgan fingerprint density at radius 2 is 2.00 bits per heavy atom. The maximum atomic E-state index is 12.4. The maximum absolute atomic E-state index is 12.4. The Kier molecular flexibility index (Phi) is 5.20. The fourth-order valence-electron chi connectivity index (χ4n) is 2.81.